The molecule has 4 rings (SSSR count). The topological polar surface area (TPSA) is 83.6 Å². The van der Waals surface area contributed by atoms with Crippen molar-refractivity contribution in [3.05, 3.63) is 94.0 Å². The molecule has 1 atom stereocenters. The van der Waals surface area contributed by atoms with Gasteiger partial charge in [-0.15, -0.1) is 11.8 Å². The van der Waals surface area contributed by atoms with Gasteiger partial charge in [-0.2, -0.15) is 0 Å². The number of benzene rings is 3. The number of hydrogen-bond acceptors (Lipinski definition) is 5. The SMILES string of the molecule is Cc1cc(C(=O)NS(=O)(=O)c2ccc(Cl)cc2F)ccc1N1C(=O)CSC1c1ccc(F)cc1. The van der Waals surface area contributed by atoms with Crippen LogP contribution in [0.25, 0.3) is 0 Å². The van der Waals surface area contributed by atoms with Crippen LogP contribution in [0.4, 0.5) is 14.5 Å². The van der Waals surface area contributed by atoms with Crippen LogP contribution in [0.3, 0.4) is 0 Å². The lowest BCUT2D eigenvalue weighted by Crippen LogP contribution is -2.32. The third-order valence-corrected chi connectivity index (χ3v) is 7.96. The zero-order valence-electron chi connectivity index (χ0n) is 17.6. The van der Waals surface area contributed by atoms with Crippen LogP contribution in [-0.2, 0) is 14.8 Å². The molecular weight excluding hydrogens is 506 g/mol. The lowest BCUT2D eigenvalue weighted by atomic mass is 10.1. The molecule has 1 N–H and O–H groups in total. The van der Waals surface area contributed by atoms with Crippen molar-refractivity contribution in [3.8, 4) is 0 Å². The van der Waals surface area contributed by atoms with Gasteiger partial charge in [-0.25, -0.2) is 21.9 Å². The van der Waals surface area contributed by atoms with Crippen molar-refractivity contribution < 1.29 is 26.8 Å². The third-order valence-electron chi connectivity index (χ3n) is 5.15. The van der Waals surface area contributed by atoms with Crippen molar-refractivity contribution in [1.82, 2.24) is 4.72 Å². The molecular formula is C23H17ClF2N2O4S2. The molecule has 2 amide bonds. The first-order valence-corrected chi connectivity index (χ1v) is 12.8. The lowest BCUT2D eigenvalue weighted by Gasteiger charge is -2.26. The zero-order chi connectivity index (χ0) is 24.6. The summed E-state index contributed by atoms with van der Waals surface area (Å²) in [7, 11) is -4.48. The van der Waals surface area contributed by atoms with Gasteiger partial charge in [-0.1, -0.05) is 23.7 Å². The fourth-order valence-electron chi connectivity index (χ4n) is 3.55. The number of hydrogen-bond donors (Lipinski definition) is 1. The van der Waals surface area contributed by atoms with E-state index in [2.05, 4.69) is 0 Å². The smallest absolute Gasteiger partial charge is 0.267 e. The second-order valence-corrected chi connectivity index (χ2v) is 10.6. The Balaban J connectivity index is 1.59. The van der Waals surface area contributed by atoms with Crippen molar-refractivity contribution >= 4 is 50.9 Å². The molecule has 34 heavy (non-hydrogen) atoms. The number of sulfonamides is 1. The molecule has 11 heteroatoms. The molecule has 3 aromatic rings. The van der Waals surface area contributed by atoms with E-state index in [1.165, 1.54) is 42.1 Å². The highest BCUT2D eigenvalue weighted by Crippen LogP contribution is 2.42. The summed E-state index contributed by atoms with van der Waals surface area (Å²) in [5.41, 5.74) is 1.84. The van der Waals surface area contributed by atoms with Gasteiger partial charge in [-0.05, 0) is 66.6 Å². The first kappa shape index (κ1) is 24.2. The number of carbonyl (C=O) groups is 2. The molecule has 0 aromatic heterocycles. The molecule has 6 nitrogen and oxygen atoms in total. The number of halogens is 3. The van der Waals surface area contributed by atoms with E-state index in [0.717, 1.165) is 17.7 Å². The van der Waals surface area contributed by atoms with E-state index in [1.807, 2.05) is 4.72 Å². The maximum absolute atomic E-state index is 14.0. The Kier molecular flexibility index (Phi) is 6.66. The first-order valence-electron chi connectivity index (χ1n) is 9.89. The van der Waals surface area contributed by atoms with Gasteiger partial charge in [0.2, 0.25) is 5.91 Å². The predicted octanol–water partition coefficient (Wildman–Crippen LogP) is 4.82. The van der Waals surface area contributed by atoms with Gasteiger partial charge in [-0.3, -0.25) is 14.5 Å². The quantitative estimate of drug-likeness (QED) is 0.519. The number of thioether (sulfide) groups is 1. The van der Waals surface area contributed by atoms with Crippen molar-refractivity contribution in [2.45, 2.75) is 17.2 Å². The molecule has 176 valence electrons. The Bertz CT molecular complexity index is 1400. The summed E-state index contributed by atoms with van der Waals surface area (Å²) < 4.78 is 54.2. The van der Waals surface area contributed by atoms with Crippen molar-refractivity contribution in [2.24, 2.45) is 0 Å². The van der Waals surface area contributed by atoms with E-state index in [-0.39, 0.29) is 33.4 Å². The Morgan fingerprint density at radius 2 is 1.79 bits per heavy atom. The number of nitrogens with one attached hydrogen (secondary N) is 1. The monoisotopic (exact) mass is 522 g/mol. The fraction of sp³-hybridized carbons (Fsp3) is 0.130. The van der Waals surface area contributed by atoms with Crippen molar-refractivity contribution in [1.29, 1.82) is 0 Å². The Labute approximate surface area is 204 Å². The molecule has 0 bridgehead atoms. The number of nitrogens with zero attached hydrogens (tertiary/aromatic N) is 1. The molecule has 1 unspecified atom stereocenters. The largest absolute Gasteiger partial charge is 0.295 e. The standard InChI is InChI=1S/C23H17ClF2N2O4S2/c1-13-10-15(22(30)27-34(31,32)20-9-5-16(24)11-18(20)26)4-8-19(13)28-21(29)12-33-23(28)14-2-6-17(25)7-3-14/h2-11,23H,12H2,1H3,(H,27,30). The van der Waals surface area contributed by atoms with Crippen LogP contribution in [0.1, 0.15) is 26.9 Å². The molecule has 1 aliphatic rings. The first-order chi connectivity index (χ1) is 16.1. The Morgan fingerprint density at radius 3 is 2.44 bits per heavy atom. The van der Waals surface area contributed by atoms with Gasteiger partial charge in [0.15, 0.2) is 0 Å². The van der Waals surface area contributed by atoms with Crippen molar-refractivity contribution in [3.63, 3.8) is 0 Å². The van der Waals surface area contributed by atoms with Gasteiger partial charge in [0.25, 0.3) is 15.9 Å². The van der Waals surface area contributed by atoms with Crippen LogP contribution < -0.4 is 9.62 Å². The molecule has 1 saturated heterocycles. The van der Waals surface area contributed by atoms with E-state index >= 15 is 0 Å². The van der Waals surface area contributed by atoms with E-state index in [4.69, 9.17) is 11.6 Å². The number of aryl methyl sites for hydroxylation is 1. The average molecular weight is 523 g/mol. The van der Waals surface area contributed by atoms with Crippen LogP contribution in [0.2, 0.25) is 5.02 Å². The Morgan fingerprint density at radius 1 is 1.09 bits per heavy atom. The highest BCUT2D eigenvalue weighted by molar-refractivity contribution is 8.00. The fourth-order valence-corrected chi connectivity index (χ4v) is 5.92. The molecule has 0 saturated carbocycles. The van der Waals surface area contributed by atoms with Gasteiger partial charge >= 0.3 is 0 Å². The van der Waals surface area contributed by atoms with Crippen LogP contribution >= 0.6 is 23.4 Å². The van der Waals surface area contributed by atoms with Gasteiger partial charge in [0.05, 0.1) is 5.75 Å². The van der Waals surface area contributed by atoms with E-state index in [0.29, 0.717) is 11.3 Å². The van der Waals surface area contributed by atoms with Gasteiger partial charge in [0, 0.05) is 16.3 Å². The van der Waals surface area contributed by atoms with Crippen LogP contribution in [0.15, 0.2) is 65.6 Å². The second-order valence-electron chi connectivity index (χ2n) is 7.49. The van der Waals surface area contributed by atoms with Crippen LogP contribution in [-0.4, -0.2) is 26.0 Å². The van der Waals surface area contributed by atoms with E-state index < -0.39 is 26.6 Å². The molecule has 0 spiro atoms. The summed E-state index contributed by atoms with van der Waals surface area (Å²) in [6.07, 6.45) is 0. The lowest BCUT2D eigenvalue weighted by molar-refractivity contribution is -0.115. The van der Waals surface area contributed by atoms with Crippen LogP contribution in [0.5, 0.6) is 0 Å². The maximum atomic E-state index is 14.0. The van der Waals surface area contributed by atoms with Crippen molar-refractivity contribution in [2.75, 3.05) is 10.7 Å². The Hall–Kier alpha value is -2.95. The van der Waals surface area contributed by atoms with Gasteiger partial charge in [0.1, 0.15) is 21.9 Å². The minimum absolute atomic E-state index is 0.0110. The molecule has 1 aliphatic heterocycles. The molecule has 1 fully saturated rings. The number of amides is 2. The predicted molar refractivity (Wildman–Crippen MR) is 126 cm³/mol. The minimum atomic E-state index is -4.48. The summed E-state index contributed by atoms with van der Waals surface area (Å²) in [5, 5.41) is -0.359. The van der Waals surface area contributed by atoms with Crippen LogP contribution in [0, 0.1) is 18.6 Å². The molecule has 0 aliphatic carbocycles. The van der Waals surface area contributed by atoms with Gasteiger partial charge < -0.3 is 0 Å². The minimum Gasteiger partial charge on any atom is -0.295 e. The summed E-state index contributed by atoms with van der Waals surface area (Å²) in [4.78, 5) is 26.1. The number of anilines is 1. The van der Waals surface area contributed by atoms with E-state index in [1.54, 1.807) is 30.0 Å². The normalized spacial score (nSPS) is 16.1. The highest BCUT2D eigenvalue weighted by Gasteiger charge is 2.35. The molecule has 1 heterocycles. The second kappa shape index (κ2) is 9.36. The molecule has 3 aromatic carbocycles. The summed E-state index contributed by atoms with van der Waals surface area (Å²) in [5.74, 6) is -2.35. The molecule has 0 radical (unpaired) electrons. The number of carbonyl (C=O) groups excluding carboxylic acids is 2. The highest BCUT2D eigenvalue weighted by atomic mass is 35.5. The summed E-state index contributed by atoms with van der Waals surface area (Å²) >= 11 is 7.04. The average Bonchev–Trinajstić information content (AvgIpc) is 3.14. The van der Waals surface area contributed by atoms with E-state index in [9.17, 15) is 26.8 Å². The maximum Gasteiger partial charge on any atom is 0.267 e. The summed E-state index contributed by atoms with van der Waals surface area (Å²) in [6.45, 7) is 1.68. The zero-order valence-corrected chi connectivity index (χ0v) is 20.0. The number of rotatable bonds is 5. The summed E-state index contributed by atoms with van der Waals surface area (Å²) in [6, 6.07) is 13.2. The third kappa shape index (κ3) is 4.79.